The number of hydrogen-bond acceptors (Lipinski definition) is 8. The zero-order valence-corrected chi connectivity index (χ0v) is 30.4. The standard InChI is InChI=1S/C38H45N3O7Si/c1-24-22-41(34(44)40-32(24)43)36(23-39)33(49(7)8)38(45,35(2,3)4)31(48-36)30(42)37(25-12-10-9-11-13-25,26-14-18-28(46-5)19-15-26)27-16-20-29(47-6)21-17-27/h9-22,30-31,33,42,45,49H,1-8H3,(H,40,43,44)/t30?,31-,33?,36-,38-/m1/s1. The Morgan fingerprint density at radius 1 is 0.918 bits per heavy atom. The average molecular weight is 684 g/mol. The third-order valence-electron chi connectivity index (χ3n) is 10.2. The number of nitriles is 1. The summed E-state index contributed by atoms with van der Waals surface area (Å²) in [6.45, 7) is 11.0. The van der Waals surface area contributed by atoms with E-state index in [-0.39, 0.29) is 5.56 Å². The topological polar surface area (TPSA) is 147 Å². The number of aromatic amines is 1. The summed E-state index contributed by atoms with van der Waals surface area (Å²) in [5, 5.41) is 37.8. The number of aliphatic hydroxyl groups is 2. The number of aromatic nitrogens is 2. The van der Waals surface area contributed by atoms with Crippen LogP contribution in [0.1, 0.15) is 43.0 Å². The molecule has 0 spiro atoms. The molecule has 4 aromatic rings. The number of nitrogens with zero attached hydrogens (tertiary/aromatic N) is 2. The molecule has 1 aliphatic rings. The summed E-state index contributed by atoms with van der Waals surface area (Å²) in [6.07, 6.45) is -1.68. The number of hydrogen-bond donors (Lipinski definition) is 3. The maximum absolute atomic E-state index is 13.6. The van der Waals surface area contributed by atoms with Crippen LogP contribution >= 0.6 is 0 Å². The molecule has 10 nitrogen and oxygen atoms in total. The largest absolute Gasteiger partial charge is 0.497 e. The number of methoxy groups -OCH3 is 2. The summed E-state index contributed by atoms with van der Waals surface area (Å²) in [7, 11) is 0.970. The van der Waals surface area contributed by atoms with Gasteiger partial charge in [0.15, 0.2) is 0 Å². The molecule has 1 saturated heterocycles. The second kappa shape index (κ2) is 13.1. The van der Waals surface area contributed by atoms with Crippen LogP contribution in [0.5, 0.6) is 11.5 Å². The molecule has 5 atom stereocenters. The third kappa shape index (κ3) is 5.53. The molecular formula is C38H45N3O7Si. The van der Waals surface area contributed by atoms with Crippen molar-refractivity contribution < 1.29 is 24.4 Å². The maximum atomic E-state index is 13.6. The summed E-state index contributed by atoms with van der Waals surface area (Å²) in [4.78, 5) is 28.3. The second-order valence-corrected chi connectivity index (χ2v) is 17.3. The van der Waals surface area contributed by atoms with Crippen LogP contribution in [0.15, 0.2) is 94.6 Å². The Labute approximate surface area is 288 Å². The predicted octanol–water partition coefficient (Wildman–Crippen LogP) is 4.47. The predicted molar refractivity (Wildman–Crippen MR) is 190 cm³/mol. The Kier molecular flexibility index (Phi) is 9.58. The van der Waals surface area contributed by atoms with Crippen LogP contribution in [0.4, 0.5) is 0 Å². The summed E-state index contributed by atoms with van der Waals surface area (Å²) in [6, 6.07) is 26.4. The van der Waals surface area contributed by atoms with Gasteiger partial charge < -0.3 is 24.4 Å². The van der Waals surface area contributed by atoms with Gasteiger partial charge in [0.2, 0.25) is 5.72 Å². The Balaban J connectivity index is 1.91. The zero-order chi connectivity index (χ0) is 35.9. The molecule has 11 heteroatoms. The van der Waals surface area contributed by atoms with Crippen LogP contribution in [0.3, 0.4) is 0 Å². The van der Waals surface area contributed by atoms with E-state index in [0.717, 1.165) is 4.57 Å². The molecule has 258 valence electrons. The summed E-state index contributed by atoms with van der Waals surface area (Å²) >= 11 is 0. The van der Waals surface area contributed by atoms with Gasteiger partial charge in [-0.25, -0.2) is 4.79 Å². The van der Waals surface area contributed by atoms with Crippen LogP contribution in [0, 0.1) is 23.7 Å². The number of ether oxygens (including phenoxy) is 3. The van der Waals surface area contributed by atoms with Gasteiger partial charge >= 0.3 is 5.69 Å². The fourth-order valence-electron chi connectivity index (χ4n) is 7.81. The van der Waals surface area contributed by atoms with Crippen molar-refractivity contribution in [1.29, 1.82) is 5.26 Å². The van der Waals surface area contributed by atoms with Gasteiger partial charge in [-0.3, -0.25) is 14.3 Å². The van der Waals surface area contributed by atoms with Gasteiger partial charge in [0.1, 0.15) is 35.4 Å². The normalized spacial score (nSPS) is 23.2. The molecule has 0 radical (unpaired) electrons. The second-order valence-electron chi connectivity index (χ2n) is 14.2. The number of H-pyrrole nitrogens is 1. The van der Waals surface area contributed by atoms with Crippen molar-refractivity contribution in [1.82, 2.24) is 9.55 Å². The highest BCUT2D eigenvalue weighted by molar-refractivity contribution is 6.58. The fourth-order valence-corrected chi connectivity index (χ4v) is 10.7. The van der Waals surface area contributed by atoms with Gasteiger partial charge in [-0.15, -0.1) is 0 Å². The van der Waals surface area contributed by atoms with Crippen molar-refractivity contribution in [2.45, 2.75) is 75.3 Å². The first kappa shape index (κ1) is 35.8. The third-order valence-corrected chi connectivity index (χ3v) is 12.5. The van der Waals surface area contributed by atoms with Gasteiger partial charge in [0.25, 0.3) is 5.56 Å². The van der Waals surface area contributed by atoms with Crippen molar-refractivity contribution in [3.05, 3.63) is 128 Å². The summed E-state index contributed by atoms with van der Waals surface area (Å²) in [5.41, 5.74) is -6.45. The quantitative estimate of drug-likeness (QED) is 0.173. The molecule has 0 amide bonds. The molecule has 0 bridgehead atoms. The molecule has 2 unspecified atom stereocenters. The number of nitrogens with one attached hydrogen (secondary N) is 1. The first-order valence-electron chi connectivity index (χ1n) is 16.3. The molecule has 49 heavy (non-hydrogen) atoms. The van der Waals surface area contributed by atoms with Gasteiger partial charge in [-0.05, 0) is 53.3 Å². The van der Waals surface area contributed by atoms with Crippen molar-refractivity contribution in [3.63, 3.8) is 0 Å². The molecular weight excluding hydrogens is 639 g/mol. The lowest BCUT2D eigenvalue weighted by atomic mass is 9.60. The molecule has 1 fully saturated rings. The van der Waals surface area contributed by atoms with Crippen LogP contribution in [-0.4, -0.2) is 60.6 Å². The van der Waals surface area contributed by atoms with Gasteiger partial charge in [-0.1, -0.05) is 88.5 Å². The van der Waals surface area contributed by atoms with E-state index < -0.39 is 60.0 Å². The van der Waals surface area contributed by atoms with E-state index in [4.69, 9.17) is 14.2 Å². The minimum atomic E-state index is -2.18. The van der Waals surface area contributed by atoms with Crippen molar-refractivity contribution >= 4 is 8.80 Å². The van der Waals surface area contributed by atoms with Crippen molar-refractivity contribution in [2.24, 2.45) is 5.41 Å². The minimum absolute atomic E-state index is 0.195. The highest BCUT2D eigenvalue weighted by Gasteiger charge is 2.73. The van der Waals surface area contributed by atoms with Crippen molar-refractivity contribution in [2.75, 3.05) is 14.2 Å². The molecule has 3 N–H and O–H groups in total. The lowest BCUT2D eigenvalue weighted by molar-refractivity contribution is -0.172. The molecule has 0 aliphatic carbocycles. The van der Waals surface area contributed by atoms with Gasteiger partial charge in [-0.2, -0.15) is 5.26 Å². The van der Waals surface area contributed by atoms with Crippen LogP contribution in [0.2, 0.25) is 18.6 Å². The Hall–Kier alpha value is -4.47. The first-order valence-corrected chi connectivity index (χ1v) is 19.3. The first-order chi connectivity index (χ1) is 23.1. The Bertz CT molecular complexity index is 1900. The van der Waals surface area contributed by atoms with E-state index >= 15 is 0 Å². The molecule has 1 aliphatic heterocycles. The lowest BCUT2D eigenvalue weighted by Gasteiger charge is -2.50. The molecule has 3 aromatic carbocycles. The van der Waals surface area contributed by atoms with Crippen LogP contribution in [0.25, 0.3) is 0 Å². The zero-order valence-electron chi connectivity index (χ0n) is 29.2. The van der Waals surface area contributed by atoms with E-state index in [9.17, 15) is 25.1 Å². The molecule has 5 rings (SSSR count). The summed E-state index contributed by atoms with van der Waals surface area (Å²) in [5.74, 6) is 1.22. The molecule has 1 aromatic heterocycles. The molecule has 0 saturated carbocycles. The Morgan fingerprint density at radius 3 is 1.84 bits per heavy atom. The fraction of sp³-hybridized carbons (Fsp3) is 0.395. The number of aryl methyl sites for hydroxylation is 1. The number of aliphatic hydroxyl groups excluding tert-OH is 1. The number of benzene rings is 3. The van der Waals surface area contributed by atoms with E-state index in [2.05, 4.69) is 11.1 Å². The van der Waals surface area contributed by atoms with E-state index in [1.165, 1.54) is 13.1 Å². The minimum Gasteiger partial charge on any atom is -0.497 e. The lowest BCUT2D eigenvalue weighted by Crippen LogP contribution is -2.63. The van der Waals surface area contributed by atoms with Gasteiger partial charge in [0.05, 0.1) is 19.6 Å². The number of rotatable bonds is 9. The van der Waals surface area contributed by atoms with Crippen LogP contribution < -0.4 is 20.7 Å². The van der Waals surface area contributed by atoms with Crippen molar-refractivity contribution in [3.8, 4) is 17.6 Å². The highest BCUT2D eigenvalue weighted by Crippen LogP contribution is 2.61. The molecule has 2 heterocycles. The van der Waals surface area contributed by atoms with E-state index in [1.54, 1.807) is 38.5 Å². The van der Waals surface area contributed by atoms with E-state index in [0.29, 0.717) is 28.2 Å². The Morgan fingerprint density at radius 2 is 1.41 bits per heavy atom. The SMILES string of the molecule is COc1ccc(C(c2ccccc2)(c2ccc(OC)cc2)C(O)[C@H]2O[C@@](C#N)(n3cc(C)c(=O)[nH]c3=O)C([SiH](C)C)[C@@]2(O)C(C)(C)C)cc1. The summed E-state index contributed by atoms with van der Waals surface area (Å²) < 4.78 is 18.9. The van der Waals surface area contributed by atoms with Gasteiger partial charge in [0, 0.05) is 26.1 Å². The highest BCUT2D eigenvalue weighted by atomic mass is 28.3. The maximum Gasteiger partial charge on any atom is 0.331 e. The average Bonchev–Trinajstić information content (AvgIpc) is 3.38. The monoisotopic (exact) mass is 683 g/mol. The van der Waals surface area contributed by atoms with E-state index in [1.807, 2.05) is 88.5 Å². The smallest absolute Gasteiger partial charge is 0.331 e. The van der Waals surface area contributed by atoms with Crippen LogP contribution in [-0.2, 0) is 15.9 Å².